The SMILES string of the molecule is CC(C)=CCc1c#cccc1O. The van der Waals surface area contributed by atoms with E-state index in [0.29, 0.717) is 5.75 Å². The fourth-order valence-electron chi connectivity index (χ4n) is 0.876. The third kappa shape index (κ3) is 2.32. The van der Waals surface area contributed by atoms with Crippen molar-refractivity contribution in [3.63, 3.8) is 0 Å². The standard InChI is InChI=1S/C11H12O/c1-9(2)7-8-10-5-3-4-6-11(10)12/h4,6-7,12H,8H2,1-2H3. The van der Waals surface area contributed by atoms with Crippen molar-refractivity contribution >= 4 is 0 Å². The van der Waals surface area contributed by atoms with Crippen molar-refractivity contribution in [2.75, 3.05) is 0 Å². The zero-order chi connectivity index (χ0) is 8.97. The highest BCUT2D eigenvalue weighted by atomic mass is 16.3. The Bertz CT molecular complexity index is 283. The molecule has 0 bridgehead atoms. The van der Waals surface area contributed by atoms with E-state index in [1.54, 1.807) is 12.1 Å². The Kier molecular flexibility index (Phi) is 2.76. The molecule has 0 aromatic heterocycles. The molecular formula is C11H12O. The largest absolute Gasteiger partial charge is 0.507 e. The first kappa shape index (κ1) is 8.67. The third-order valence-corrected chi connectivity index (χ3v) is 1.57. The van der Waals surface area contributed by atoms with Gasteiger partial charge in [0.15, 0.2) is 0 Å². The highest BCUT2D eigenvalue weighted by Crippen LogP contribution is 2.13. The van der Waals surface area contributed by atoms with Crippen LogP contribution < -0.4 is 0 Å². The molecule has 0 saturated carbocycles. The van der Waals surface area contributed by atoms with Crippen LogP contribution in [0.25, 0.3) is 0 Å². The molecule has 0 radical (unpaired) electrons. The van der Waals surface area contributed by atoms with Gasteiger partial charge >= 0.3 is 0 Å². The molecule has 0 saturated heterocycles. The van der Waals surface area contributed by atoms with E-state index >= 15 is 0 Å². The van der Waals surface area contributed by atoms with Crippen molar-refractivity contribution in [1.82, 2.24) is 0 Å². The lowest BCUT2D eigenvalue weighted by molar-refractivity contribution is 0.470. The summed E-state index contributed by atoms with van der Waals surface area (Å²) in [5.74, 6) is 0.297. The van der Waals surface area contributed by atoms with Crippen LogP contribution in [0.2, 0.25) is 0 Å². The Morgan fingerprint density at radius 1 is 1.58 bits per heavy atom. The number of hydrogen-bond acceptors (Lipinski definition) is 1. The highest BCUT2D eigenvalue weighted by molar-refractivity contribution is 5.29. The van der Waals surface area contributed by atoms with Crippen LogP contribution >= 0.6 is 0 Å². The summed E-state index contributed by atoms with van der Waals surface area (Å²) in [6, 6.07) is 8.97. The van der Waals surface area contributed by atoms with E-state index in [1.807, 2.05) is 13.8 Å². The van der Waals surface area contributed by atoms with Gasteiger partial charge in [-0.1, -0.05) is 23.8 Å². The van der Waals surface area contributed by atoms with Crippen LogP contribution in [0.3, 0.4) is 0 Å². The first-order chi connectivity index (χ1) is 5.70. The molecule has 1 rings (SSSR count). The first-order valence-corrected chi connectivity index (χ1v) is 3.93. The summed E-state index contributed by atoms with van der Waals surface area (Å²) in [6.07, 6.45) is 2.78. The van der Waals surface area contributed by atoms with Gasteiger partial charge in [-0.2, -0.15) is 0 Å². The van der Waals surface area contributed by atoms with Gasteiger partial charge in [0.1, 0.15) is 5.75 Å². The molecular weight excluding hydrogens is 148 g/mol. The predicted molar refractivity (Wildman–Crippen MR) is 48.9 cm³/mol. The van der Waals surface area contributed by atoms with Crippen molar-refractivity contribution in [2.24, 2.45) is 0 Å². The lowest BCUT2D eigenvalue weighted by Crippen LogP contribution is -1.80. The molecule has 62 valence electrons. The summed E-state index contributed by atoms with van der Waals surface area (Å²) in [5, 5.41) is 9.34. The van der Waals surface area contributed by atoms with E-state index < -0.39 is 0 Å². The van der Waals surface area contributed by atoms with Crippen LogP contribution in [0.15, 0.2) is 23.8 Å². The van der Waals surface area contributed by atoms with E-state index in [2.05, 4.69) is 18.2 Å². The molecule has 1 nitrogen and oxygen atoms in total. The van der Waals surface area contributed by atoms with Crippen molar-refractivity contribution in [3.05, 3.63) is 41.5 Å². The zero-order valence-corrected chi connectivity index (χ0v) is 7.39. The molecule has 0 aliphatic rings. The summed E-state index contributed by atoms with van der Waals surface area (Å²) in [6.45, 7) is 4.06. The Labute approximate surface area is 73.4 Å². The maximum absolute atomic E-state index is 9.34. The number of aromatic hydroxyl groups is 1. The van der Waals surface area contributed by atoms with Crippen molar-refractivity contribution in [1.29, 1.82) is 0 Å². The fraction of sp³-hybridized carbons (Fsp3) is 0.273. The number of hydrogen-bond donors (Lipinski definition) is 1. The Hall–Kier alpha value is -1.42. The van der Waals surface area contributed by atoms with Crippen LogP contribution in [0, 0.1) is 12.1 Å². The molecule has 0 spiro atoms. The van der Waals surface area contributed by atoms with E-state index in [9.17, 15) is 5.11 Å². The molecule has 0 amide bonds. The maximum atomic E-state index is 9.34. The fourth-order valence-corrected chi connectivity index (χ4v) is 0.876. The molecule has 1 heteroatoms. The zero-order valence-electron chi connectivity index (χ0n) is 7.39. The van der Waals surface area contributed by atoms with Gasteiger partial charge in [0, 0.05) is 12.0 Å². The average Bonchev–Trinajstić information content (AvgIpc) is 2.03. The molecule has 0 heterocycles. The van der Waals surface area contributed by atoms with Crippen LogP contribution in [0.1, 0.15) is 19.4 Å². The second-order valence-electron chi connectivity index (χ2n) is 2.95. The molecule has 0 fully saturated rings. The minimum absolute atomic E-state index is 0.297. The summed E-state index contributed by atoms with van der Waals surface area (Å²) in [5.41, 5.74) is 2.05. The maximum Gasteiger partial charge on any atom is 0.128 e. The van der Waals surface area contributed by atoms with E-state index in [4.69, 9.17) is 0 Å². The molecule has 0 aliphatic carbocycles. The molecule has 0 unspecified atom stereocenters. The van der Waals surface area contributed by atoms with Crippen molar-refractivity contribution < 1.29 is 5.11 Å². The van der Waals surface area contributed by atoms with E-state index in [1.165, 1.54) is 5.57 Å². The van der Waals surface area contributed by atoms with Gasteiger partial charge in [-0.15, -0.1) is 0 Å². The minimum atomic E-state index is 0.297. The van der Waals surface area contributed by atoms with Gasteiger partial charge < -0.3 is 5.11 Å². The average molecular weight is 160 g/mol. The second-order valence-corrected chi connectivity index (χ2v) is 2.95. The number of allylic oxidation sites excluding steroid dienone is 2. The van der Waals surface area contributed by atoms with Crippen LogP contribution in [-0.4, -0.2) is 5.11 Å². The van der Waals surface area contributed by atoms with Crippen LogP contribution in [0.5, 0.6) is 5.75 Å². The van der Waals surface area contributed by atoms with E-state index in [0.717, 1.165) is 12.0 Å². The second kappa shape index (κ2) is 3.82. The van der Waals surface area contributed by atoms with E-state index in [-0.39, 0.29) is 0 Å². The molecule has 1 aromatic carbocycles. The lowest BCUT2D eigenvalue weighted by Gasteiger charge is -1.96. The summed E-state index contributed by atoms with van der Waals surface area (Å²) in [4.78, 5) is 0. The third-order valence-electron chi connectivity index (χ3n) is 1.57. The van der Waals surface area contributed by atoms with Gasteiger partial charge in [0.2, 0.25) is 0 Å². The topological polar surface area (TPSA) is 20.2 Å². The van der Waals surface area contributed by atoms with Crippen LogP contribution in [-0.2, 0) is 6.42 Å². The summed E-state index contributed by atoms with van der Waals surface area (Å²) in [7, 11) is 0. The Morgan fingerprint density at radius 2 is 2.33 bits per heavy atom. The smallest absolute Gasteiger partial charge is 0.128 e. The minimum Gasteiger partial charge on any atom is -0.507 e. The molecule has 12 heavy (non-hydrogen) atoms. The summed E-state index contributed by atoms with van der Waals surface area (Å²) < 4.78 is 0. The molecule has 1 N–H and O–H groups in total. The van der Waals surface area contributed by atoms with Gasteiger partial charge in [-0.05, 0) is 26.0 Å². The monoisotopic (exact) mass is 160 g/mol. The highest BCUT2D eigenvalue weighted by Gasteiger charge is 1.95. The first-order valence-electron chi connectivity index (χ1n) is 3.93. The Morgan fingerprint density at radius 3 is 2.92 bits per heavy atom. The van der Waals surface area contributed by atoms with Gasteiger partial charge in [-0.25, -0.2) is 0 Å². The van der Waals surface area contributed by atoms with Gasteiger partial charge in [-0.3, -0.25) is 0 Å². The van der Waals surface area contributed by atoms with Crippen molar-refractivity contribution in [2.45, 2.75) is 20.3 Å². The molecule has 0 aliphatic heterocycles. The summed E-state index contributed by atoms with van der Waals surface area (Å²) >= 11 is 0. The Balaban J connectivity index is 2.76. The predicted octanol–water partition coefficient (Wildman–Crippen LogP) is 2.50. The molecule has 0 atom stereocenters. The van der Waals surface area contributed by atoms with Crippen molar-refractivity contribution in [3.8, 4) is 5.75 Å². The van der Waals surface area contributed by atoms with Crippen LogP contribution in [0.4, 0.5) is 0 Å². The molecule has 1 aromatic rings. The number of rotatable bonds is 2. The lowest BCUT2D eigenvalue weighted by atomic mass is 10.1. The van der Waals surface area contributed by atoms with Gasteiger partial charge in [0.05, 0.1) is 0 Å². The normalized spacial score (nSPS) is 8.83. The quantitative estimate of drug-likeness (QED) is 0.659. The van der Waals surface area contributed by atoms with Gasteiger partial charge in [0.25, 0.3) is 0 Å².